The van der Waals surface area contributed by atoms with Gasteiger partial charge in [-0.15, -0.1) is 11.8 Å². The number of urea groups is 1. The molecule has 0 aliphatic heterocycles. The third-order valence-electron chi connectivity index (χ3n) is 3.01. The summed E-state index contributed by atoms with van der Waals surface area (Å²) in [6.45, 7) is 1.75. The van der Waals surface area contributed by atoms with Gasteiger partial charge in [0.05, 0.1) is 12.4 Å². The molecule has 0 aliphatic rings. The Labute approximate surface area is 139 Å². The highest BCUT2D eigenvalue weighted by molar-refractivity contribution is 8.00. The van der Waals surface area contributed by atoms with E-state index >= 15 is 0 Å². The maximum absolute atomic E-state index is 12.1. The van der Waals surface area contributed by atoms with Crippen molar-refractivity contribution in [2.24, 2.45) is 0 Å². The molecule has 1 unspecified atom stereocenters. The Morgan fingerprint density at radius 3 is 2.30 bits per heavy atom. The van der Waals surface area contributed by atoms with Crippen molar-refractivity contribution >= 4 is 29.4 Å². The first-order valence-electron chi connectivity index (χ1n) is 7.06. The lowest BCUT2D eigenvalue weighted by Crippen LogP contribution is -2.38. The maximum atomic E-state index is 12.1. The number of carbonyl (C=O) groups excluding carboxylic acids is 2. The van der Waals surface area contributed by atoms with E-state index in [0.29, 0.717) is 5.69 Å². The van der Waals surface area contributed by atoms with Gasteiger partial charge in [-0.2, -0.15) is 0 Å². The number of hydrogen-bond donors (Lipinski definition) is 2. The lowest BCUT2D eigenvalue weighted by atomic mass is 10.3. The number of amides is 3. The number of nitrogens with one attached hydrogen (secondary N) is 2. The maximum Gasteiger partial charge on any atom is 0.325 e. The molecule has 0 saturated carbocycles. The van der Waals surface area contributed by atoms with E-state index in [-0.39, 0.29) is 5.91 Å². The molecule has 0 radical (unpaired) electrons. The number of anilines is 1. The van der Waals surface area contributed by atoms with Crippen LogP contribution in [0.1, 0.15) is 6.92 Å². The quantitative estimate of drug-likeness (QED) is 0.823. The first-order valence-corrected chi connectivity index (χ1v) is 7.94. The Morgan fingerprint density at radius 1 is 1.04 bits per heavy atom. The number of ether oxygens (including phenoxy) is 1. The summed E-state index contributed by atoms with van der Waals surface area (Å²) in [4.78, 5) is 24.8. The topological polar surface area (TPSA) is 67.4 Å². The van der Waals surface area contributed by atoms with Crippen LogP contribution < -0.4 is 15.4 Å². The van der Waals surface area contributed by atoms with Crippen molar-refractivity contribution in [3.05, 3.63) is 54.6 Å². The van der Waals surface area contributed by atoms with Crippen LogP contribution in [0.4, 0.5) is 10.5 Å². The lowest BCUT2D eigenvalue weighted by molar-refractivity contribution is -0.119. The number of para-hydroxylation sites is 1. The van der Waals surface area contributed by atoms with Crippen LogP contribution in [0.3, 0.4) is 0 Å². The second-order valence-corrected chi connectivity index (χ2v) is 6.16. The molecule has 0 saturated heterocycles. The second kappa shape index (κ2) is 8.24. The zero-order valence-corrected chi connectivity index (χ0v) is 13.7. The largest absolute Gasteiger partial charge is 0.497 e. The van der Waals surface area contributed by atoms with Gasteiger partial charge in [0.2, 0.25) is 5.91 Å². The number of benzene rings is 2. The summed E-state index contributed by atoms with van der Waals surface area (Å²) in [7, 11) is 1.60. The Kier molecular flexibility index (Phi) is 6.05. The highest BCUT2D eigenvalue weighted by Crippen LogP contribution is 2.25. The molecule has 0 bridgehead atoms. The fraction of sp³-hybridized carbons (Fsp3) is 0.176. The van der Waals surface area contributed by atoms with E-state index < -0.39 is 11.3 Å². The number of thioether (sulfide) groups is 1. The standard InChI is InChI=1S/C17H18N2O3S/c1-12(23-15-10-8-14(22-2)9-11-15)16(20)19-17(21)18-13-6-4-3-5-7-13/h3-12H,1-2H3,(H2,18,19,20,21). The van der Waals surface area contributed by atoms with Crippen molar-refractivity contribution < 1.29 is 14.3 Å². The van der Waals surface area contributed by atoms with E-state index in [2.05, 4.69) is 10.6 Å². The van der Waals surface area contributed by atoms with Gasteiger partial charge in [-0.25, -0.2) is 4.79 Å². The van der Waals surface area contributed by atoms with Gasteiger partial charge in [-0.05, 0) is 43.3 Å². The summed E-state index contributed by atoms with van der Waals surface area (Å²) in [5, 5.41) is 4.55. The Bertz CT molecular complexity index is 659. The monoisotopic (exact) mass is 330 g/mol. The molecule has 0 spiro atoms. The highest BCUT2D eigenvalue weighted by Gasteiger charge is 2.17. The van der Waals surface area contributed by atoms with Gasteiger partial charge in [-0.1, -0.05) is 18.2 Å². The van der Waals surface area contributed by atoms with Crippen molar-refractivity contribution in [2.75, 3.05) is 12.4 Å². The van der Waals surface area contributed by atoms with Crippen LogP contribution >= 0.6 is 11.8 Å². The molecule has 2 N–H and O–H groups in total. The third kappa shape index (κ3) is 5.34. The van der Waals surface area contributed by atoms with Crippen LogP contribution in [-0.2, 0) is 4.79 Å². The summed E-state index contributed by atoms with van der Waals surface area (Å²) >= 11 is 1.37. The number of imide groups is 1. The van der Waals surface area contributed by atoms with Crippen LogP contribution in [0.15, 0.2) is 59.5 Å². The number of methoxy groups -OCH3 is 1. The molecule has 120 valence electrons. The average molecular weight is 330 g/mol. The van der Waals surface area contributed by atoms with Gasteiger partial charge in [0.25, 0.3) is 0 Å². The minimum Gasteiger partial charge on any atom is -0.497 e. The van der Waals surface area contributed by atoms with E-state index in [1.807, 2.05) is 30.3 Å². The van der Waals surface area contributed by atoms with Crippen molar-refractivity contribution in [1.29, 1.82) is 0 Å². The van der Waals surface area contributed by atoms with Crippen LogP contribution in [0.2, 0.25) is 0 Å². The molecule has 6 heteroatoms. The fourth-order valence-electron chi connectivity index (χ4n) is 1.81. The molecule has 3 amide bonds. The first-order chi connectivity index (χ1) is 11.1. The number of carbonyl (C=O) groups is 2. The molecule has 2 aromatic carbocycles. The second-order valence-electron chi connectivity index (χ2n) is 4.75. The van der Waals surface area contributed by atoms with Crippen molar-refractivity contribution in [1.82, 2.24) is 5.32 Å². The molecule has 2 rings (SSSR count). The molecular formula is C17H18N2O3S. The summed E-state index contributed by atoms with van der Waals surface area (Å²) in [5.41, 5.74) is 0.633. The average Bonchev–Trinajstić information content (AvgIpc) is 2.56. The van der Waals surface area contributed by atoms with Gasteiger partial charge in [0.15, 0.2) is 0 Å². The predicted molar refractivity (Wildman–Crippen MR) is 91.9 cm³/mol. The van der Waals surface area contributed by atoms with Crippen LogP contribution in [0.5, 0.6) is 5.75 Å². The van der Waals surface area contributed by atoms with Crippen molar-refractivity contribution in [3.63, 3.8) is 0 Å². The van der Waals surface area contributed by atoms with Crippen molar-refractivity contribution in [2.45, 2.75) is 17.1 Å². The Morgan fingerprint density at radius 2 is 1.70 bits per heavy atom. The highest BCUT2D eigenvalue weighted by atomic mass is 32.2. The van der Waals surface area contributed by atoms with Crippen molar-refractivity contribution in [3.8, 4) is 5.75 Å². The predicted octanol–water partition coefficient (Wildman–Crippen LogP) is 3.52. The van der Waals surface area contributed by atoms with E-state index in [1.54, 1.807) is 38.3 Å². The normalized spacial score (nSPS) is 11.4. The van der Waals surface area contributed by atoms with Gasteiger partial charge >= 0.3 is 6.03 Å². The zero-order chi connectivity index (χ0) is 16.7. The molecule has 0 aromatic heterocycles. The smallest absolute Gasteiger partial charge is 0.325 e. The van der Waals surface area contributed by atoms with Crippen LogP contribution in [0.25, 0.3) is 0 Å². The lowest BCUT2D eigenvalue weighted by Gasteiger charge is -2.12. The SMILES string of the molecule is COc1ccc(SC(C)C(=O)NC(=O)Nc2ccccc2)cc1. The number of hydrogen-bond acceptors (Lipinski definition) is 4. The van der Waals surface area contributed by atoms with E-state index in [9.17, 15) is 9.59 Å². The molecule has 0 fully saturated rings. The summed E-state index contributed by atoms with van der Waals surface area (Å²) in [6.07, 6.45) is 0. The fourth-order valence-corrected chi connectivity index (χ4v) is 2.68. The van der Waals surface area contributed by atoms with Gasteiger partial charge < -0.3 is 10.1 Å². The molecule has 1 atom stereocenters. The minimum atomic E-state index is -0.539. The van der Waals surface area contributed by atoms with Gasteiger partial charge in [-0.3, -0.25) is 10.1 Å². The molecule has 23 heavy (non-hydrogen) atoms. The Balaban J connectivity index is 1.85. The number of rotatable bonds is 5. The van der Waals surface area contributed by atoms with Crippen LogP contribution in [0, 0.1) is 0 Å². The van der Waals surface area contributed by atoms with Crippen LogP contribution in [-0.4, -0.2) is 24.3 Å². The molecular weight excluding hydrogens is 312 g/mol. The third-order valence-corrected chi connectivity index (χ3v) is 4.12. The minimum absolute atomic E-state index is 0.348. The van der Waals surface area contributed by atoms with Gasteiger partial charge in [0, 0.05) is 10.6 Å². The van der Waals surface area contributed by atoms with E-state index in [4.69, 9.17) is 4.74 Å². The Hall–Kier alpha value is -2.47. The summed E-state index contributed by atoms with van der Waals surface area (Å²) < 4.78 is 5.09. The molecule has 5 nitrogen and oxygen atoms in total. The van der Waals surface area contributed by atoms with E-state index in [1.165, 1.54) is 11.8 Å². The first kappa shape index (κ1) is 16.9. The summed E-state index contributed by atoms with van der Waals surface area (Å²) in [6, 6.07) is 15.8. The molecule has 0 aliphatic carbocycles. The van der Waals surface area contributed by atoms with E-state index in [0.717, 1.165) is 10.6 Å². The zero-order valence-electron chi connectivity index (χ0n) is 12.9. The summed E-state index contributed by atoms with van der Waals surface area (Å²) in [5.74, 6) is 0.410. The molecule has 0 heterocycles. The molecule has 2 aromatic rings. The van der Waals surface area contributed by atoms with Gasteiger partial charge in [0.1, 0.15) is 5.75 Å².